The molecule has 25 heavy (non-hydrogen) atoms. The van der Waals surface area contributed by atoms with Crippen LogP contribution in [0.3, 0.4) is 0 Å². The van der Waals surface area contributed by atoms with Gasteiger partial charge in [-0.05, 0) is 19.1 Å². The molecule has 0 bridgehead atoms. The highest BCUT2D eigenvalue weighted by Gasteiger charge is 2.19. The van der Waals surface area contributed by atoms with Crippen molar-refractivity contribution in [2.75, 3.05) is 16.8 Å². The topological polar surface area (TPSA) is 102 Å². The number of carbonyl (C=O) groups excluding carboxylic acids is 1. The maximum atomic E-state index is 11.8. The second kappa shape index (κ2) is 7.00. The Morgan fingerprint density at radius 2 is 2.04 bits per heavy atom. The third-order valence-electron chi connectivity index (χ3n) is 3.63. The van der Waals surface area contributed by atoms with E-state index >= 15 is 0 Å². The molecule has 1 amide bonds. The first kappa shape index (κ1) is 16.4. The van der Waals surface area contributed by atoms with Gasteiger partial charge < -0.3 is 16.0 Å². The van der Waals surface area contributed by atoms with Crippen molar-refractivity contribution in [3.8, 4) is 0 Å². The van der Waals surface area contributed by atoms with Crippen molar-refractivity contribution in [3.05, 3.63) is 54.5 Å². The summed E-state index contributed by atoms with van der Waals surface area (Å²) in [7, 11) is 1.82. The van der Waals surface area contributed by atoms with Gasteiger partial charge in [0.05, 0.1) is 11.9 Å². The van der Waals surface area contributed by atoms with Crippen LogP contribution in [-0.4, -0.2) is 32.2 Å². The van der Waals surface area contributed by atoms with Gasteiger partial charge in [-0.15, -0.1) is 0 Å². The minimum atomic E-state index is -0.572. The van der Waals surface area contributed by atoms with E-state index in [1.165, 1.54) is 6.20 Å². The molecule has 2 heterocycles. The maximum Gasteiger partial charge on any atom is 0.254 e. The van der Waals surface area contributed by atoms with E-state index in [-0.39, 0.29) is 5.56 Å². The summed E-state index contributed by atoms with van der Waals surface area (Å²) in [4.78, 5) is 22.4. The smallest absolute Gasteiger partial charge is 0.254 e. The van der Waals surface area contributed by atoms with Gasteiger partial charge in [0.2, 0.25) is 5.95 Å². The number of nitrogens with two attached hydrogens (primary N) is 1. The summed E-state index contributed by atoms with van der Waals surface area (Å²) in [6.45, 7) is 2.60. The lowest BCUT2D eigenvalue weighted by Crippen LogP contribution is -2.24. The third kappa shape index (κ3) is 3.57. The van der Waals surface area contributed by atoms with E-state index in [0.717, 1.165) is 11.4 Å². The van der Waals surface area contributed by atoms with E-state index in [1.807, 2.05) is 49.2 Å². The van der Waals surface area contributed by atoms with Gasteiger partial charge >= 0.3 is 0 Å². The first-order valence-corrected chi connectivity index (χ1v) is 7.83. The molecule has 0 atom stereocenters. The molecule has 3 aromatic rings. The number of benzene rings is 1. The first-order chi connectivity index (χ1) is 12.1. The number of nitrogens with one attached hydrogen (secondary N) is 1. The van der Waals surface area contributed by atoms with Crippen LogP contribution in [0.4, 0.5) is 23.1 Å². The van der Waals surface area contributed by atoms with Crippen molar-refractivity contribution in [2.24, 2.45) is 12.8 Å². The Morgan fingerprint density at radius 1 is 1.28 bits per heavy atom. The Bertz CT molecular complexity index is 876. The molecule has 3 rings (SSSR count). The van der Waals surface area contributed by atoms with Gasteiger partial charge in [-0.1, -0.05) is 18.2 Å². The number of aromatic nitrogens is 4. The average Bonchev–Trinajstić information content (AvgIpc) is 3.01. The zero-order valence-corrected chi connectivity index (χ0v) is 14.0. The lowest BCUT2D eigenvalue weighted by atomic mass is 10.2. The lowest BCUT2D eigenvalue weighted by molar-refractivity contribution is 0.100. The Morgan fingerprint density at radius 3 is 2.64 bits per heavy atom. The third-order valence-corrected chi connectivity index (χ3v) is 3.63. The normalized spacial score (nSPS) is 10.5. The van der Waals surface area contributed by atoms with Crippen LogP contribution in [0.5, 0.6) is 0 Å². The van der Waals surface area contributed by atoms with Crippen LogP contribution < -0.4 is 16.0 Å². The number of aryl methyl sites for hydroxylation is 1. The number of nitrogens with zero attached hydrogens (tertiary/aromatic N) is 5. The molecular formula is C17H19N7O. The minimum Gasteiger partial charge on any atom is -0.365 e. The number of hydrogen-bond donors (Lipinski definition) is 2. The van der Waals surface area contributed by atoms with E-state index in [1.54, 1.807) is 17.1 Å². The van der Waals surface area contributed by atoms with Crippen molar-refractivity contribution in [1.29, 1.82) is 0 Å². The van der Waals surface area contributed by atoms with E-state index in [4.69, 9.17) is 5.73 Å². The van der Waals surface area contributed by atoms with Gasteiger partial charge in [0.1, 0.15) is 5.56 Å². The number of para-hydroxylation sites is 1. The van der Waals surface area contributed by atoms with Gasteiger partial charge in [-0.25, -0.2) is 4.98 Å². The van der Waals surface area contributed by atoms with Gasteiger partial charge in [0.25, 0.3) is 5.91 Å². The van der Waals surface area contributed by atoms with Gasteiger partial charge in [-0.2, -0.15) is 10.1 Å². The SMILES string of the molecule is CCN(c1ccccc1)c1nc(Nc2cnn(C)c2)ncc1C(N)=O. The second-order valence-corrected chi connectivity index (χ2v) is 5.40. The van der Waals surface area contributed by atoms with E-state index in [9.17, 15) is 4.79 Å². The summed E-state index contributed by atoms with van der Waals surface area (Å²) in [6, 6.07) is 9.69. The largest absolute Gasteiger partial charge is 0.365 e. The predicted octanol–water partition coefficient (Wildman–Crippen LogP) is 2.21. The Hall–Kier alpha value is -3.42. The fraction of sp³-hybridized carbons (Fsp3) is 0.176. The van der Waals surface area contributed by atoms with Crippen molar-refractivity contribution in [1.82, 2.24) is 19.7 Å². The van der Waals surface area contributed by atoms with Crippen LogP contribution in [0, 0.1) is 0 Å². The summed E-state index contributed by atoms with van der Waals surface area (Å²) >= 11 is 0. The van der Waals surface area contributed by atoms with Gasteiger partial charge in [0, 0.05) is 31.7 Å². The zero-order chi connectivity index (χ0) is 17.8. The first-order valence-electron chi connectivity index (χ1n) is 7.83. The molecule has 3 N–H and O–H groups in total. The van der Waals surface area contributed by atoms with Crippen LogP contribution >= 0.6 is 0 Å². The average molecular weight is 337 g/mol. The summed E-state index contributed by atoms with van der Waals surface area (Å²) in [5, 5.41) is 7.17. The highest BCUT2D eigenvalue weighted by molar-refractivity contribution is 5.98. The molecule has 128 valence electrons. The Balaban J connectivity index is 2.02. The van der Waals surface area contributed by atoms with Crippen LogP contribution in [0.2, 0.25) is 0 Å². The molecule has 2 aromatic heterocycles. The Labute approximate surface area is 145 Å². The van der Waals surface area contributed by atoms with Crippen molar-refractivity contribution >= 4 is 29.0 Å². The molecule has 0 unspecified atom stereocenters. The fourth-order valence-electron chi connectivity index (χ4n) is 2.49. The summed E-state index contributed by atoms with van der Waals surface area (Å²) in [6.07, 6.45) is 4.91. The molecular weight excluding hydrogens is 318 g/mol. The van der Waals surface area contributed by atoms with Crippen molar-refractivity contribution in [2.45, 2.75) is 6.92 Å². The maximum absolute atomic E-state index is 11.8. The molecule has 0 radical (unpaired) electrons. The molecule has 0 saturated heterocycles. The molecule has 0 aliphatic rings. The summed E-state index contributed by atoms with van der Waals surface area (Å²) < 4.78 is 1.67. The highest BCUT2D eigenvalue weighted by atomic mass is 16.1. The predicted molar refractivity (Wildman–Crippen MR) is 96.2 cm³/mol. The standard InChI is InChI=1S/C17H19N7O/c1-3-24(13-7-5-4-6-8-13)16-14(15(18)25)10-19-17(22-16)21-12-9-20-23(2)11-12/h4-11H,3H2,1-2H3,(H2,18,25)(H,19,21,22). The van der Waals surface area contributed by atoms with Gasteiger partial charge in [0.15, 0.2) is 5.82 Å². The van der Waals surface area contributed by atoms with E-state index < -0.39 is 5.91 Å². The molecule has 1 aromatic carbocycles. The molecule has 0 fully saturated rings. The van der Waals surface area contributed by atoms with Crippen LogP contribution in [0.15, 0.2) is 48.9 Å². The van der Waals surface area contributed by atoms with Crippen molar-refractivity contribution in [3.63, 3.8) is 0 Å². The number of primary amides is 1. The summed E-state index contributed by atoms with van der Waals surface area (Å²) in [5.74, 6) is 0.252. The molecule has 8 heteroatoms. The molecule has 8 nitrogen and oxygen atoms in total. The van der Waals surface area contributed by atoms with Crippen LogP contribution in [0.1, 0.15) is 17.3 Å². The molecule has 0 aliphatic heterocycles. The number of carbonyl (C=O) groups is 1. The number of amides is 1. The quantitative estimate of drug-likeness (QED) is 0.715. The fourth-order valence-corrected chi connectivity index (χ4v) is 2.49. The van der Waals surface area contributed by atoms with Crippen LogP contribution in [-0.2, 0) is 7.05 Å². The number of anilines is 4. The summed E-state index contributed by atoms with van der Waals surface area (Å²) in [5.41, 5.74) is 7.45. The molecule has 0 spiro atoms. The van der Waals surface area contributed by atoms with E-state index in [2.05, 4.69) is 20.4 Å². The zero-order valence-electron chi connectivity index (χ0n) is 14.0. The highest BCUT2D eigenvalue weighted by Crippen LogP contribution is 2.27. The number of rotatable bonds is 6. The lowest BCUT2D eigenvalue weighted by Gasteiger charge is -2.24. The van der Waals surface area contributed by atoms with Gasteiger partial charge in [-0.3, -0.25) is 9.48 Å². The monoisotopic (exact) mass is 337 g/mol. The molecule has 0 saturated carbocycles. The second-order valence-electron chi connectivity index (χ2n) is 5.40. The minimum absolute atomic E-state index is 0.266. The molecule has 0 aliphatic carbocycles. The van der Waals surface area contributed by atoms with E-state index in [0.29, 0.717) is 18.3 Å². The number of hydrogen-bond acceptors (Lipinski definition) is 6. The Kier molecular flexibility index (Phi) is 4.60. The van der Waals surface area contributed by atoms with Crippen LogP contribution in [0.25, 0.3) is 0 Å². The van der Waals surface area contributed by atoms with Crippen molar-refractivity contribution < 1.29 is 4.79 Å².